The maximum absolute atomic E-state index is 13.6. The minimum absolute atomic E-state index is 0.00725. The van der Waals surface area contributed by atoms with Crippen LogP contribution in [0.1, 0.15) is 70.4 Å². The fourth-order valence-electron chi connectivity index (χ4n) is 4.06. The summed E-state index contributed by atoms with van der Waals surface area (Å²) in [5.41, 5.74) is 2.17. The number of ether oxygens (including phenoxy) is 1. The molecule has 0 aromatic heterocycles. The molecule has 0 spiro atoms. The Morgan fingerprint density at radius 1 is 1.03 bits per heavy atom. The highest BCUT2D eigenvalue weighted by molar-refractivity contribution is 5.97. The molecular weight excluding hydrogens is 425 g/mol. The van der Waals surface area contributed by atoms with Crippen LogP contribution in [0.25, 0.3) is 0 Å². The first-order valence-electron chi connectivity index (χ1n) is 11.3. The maximum Gasteiger partial charge on any atom is 0.306 e. The number of carboxylic acid groups (broad SMARTS) is 1. The largest absolute Gasteiger partial charge is 0.490 e. The van der Waals surface area contributed by atoms with Crippen molar-refractivity contribution in [2.24, 2.45) is 5.92 Å². The van der Waals surface area contributed by atoms with Crippen molar-refractivity contribution in [2.45, 2.75) is 58.5 Å². The number of amides is 1. The van der Waals surface area contributed by atoms with E-state index in [1.54, 1.807) is 31.2 Å². The number of Topliss-reactive ketones (excluding diaryl/α,β-unsaturated/α-hetero) is 1. The first-order chi connectivity index (χ1) is 15.7. The molecule has 0 saturated heterocycles. The molecule has 3 rings (SSSR count). The van der Waals surface area contributed by atoms with E-state index in [-0.39, 0.29) is 35.7 Å². The highest BCUT2D eigenvalue weighted by Gasteiger charge is 2.27. The minimum atomic E-state index is -0.740. The minimum Gasteiger partial charge on any atom is -0.490 e. The van der Waals surface area contributed by atoms with Crippen LogP contribution in [0.5, 0.6) is 5.75 Å². The Kier molecular flexibility index (Phi) is 8.20. The predicted octanol–water partition coefficient (Wildman–Crippen LogP) is 4.86. The van der Waals surface area contributed by atoms with E-state index < -0.39 is 11.8 Å². The van der Waals surface area contributed by atoms with Crippen molar-refractivity contribution in [3.8, 4) is 5.75 Å². The van der Waals surface area contributed by atoms with E-state index in [4.69, 9.17) is 9.84 Å². The lowest BCUT2D eigenvalue weighted by Gasteiger charge is -2.27. The fourth-order valence-corrected chi connectivity index (χ4v) is 4.06. The van der Waals surface area contributed by atoms with Gasteiger partial charge in [-0.2, -0.15) is 0 Å². The zero-order valence-electron chi connectivity index (χ0n) is 19.0. The molecule has 0 aliphatic heterocycles. The number of aliphatic carboxylic acids is 1. The number of nitrogens with one attached hydrogen (secondary N) is 1. The standard InChI is InChI=1S/C26H30FNO5/c1-16-5-6-19(15-23(16)27)25(30)28-13-3-4-24(29)22-12-11-21(14-17(22)2)33-20-9-7-18(8-10-20)26(31)32/h5-6,11-12,14-15,18,20H,3-4,7-10,13H2,1-2H3,(H,28,30)(H,31,32). The summed E-state index contributed by atoms with van der Waals surface area (Å²) < 4.78 is 19.6. The van der Waals surface area contributed by atoms with Crippen molar-refractivity contribution < 1.29 is 28.6 Å². The van der Waals surface area contributed by atoms with Crippen LogP contribution in [-0.4, -0.2) is 35.4 Å². The van der Waals surface area contributed by atoms with Crippen molar-refractivity contribution in [1.29, 1.82) is 0 Å². The van der Waals surface area contributed by atoms with Gasteiger partial charge in [0.2, 0.25) is 0 Å². The molecule has 1 aliphatic carbocycles. The van der Waals surface area contributed by atoms with Gasteiger partial charge in [-0.25, -0.2) is 4.39 Å². The van der Waals surface area contributed by atoms with Gasteiger partial charge < -0.3 is 15.2 Å². The lowest BCUT2D eigenvalue weighted by molar-refractivity contribution is -0.143. The van der Waals surface area contributed by atoms with Gasteiger partial charge in [-0.3, -0.25) is 14.4 Å². The molecular formula is C26H30FNO5. The average molecular weight is 456 g/mol. The summed E-state index contributed by atoms with van der Waals surface area (Å²) in [5, 5.41) is 11.8. The highest BCUT2D eigenvalue weighted by atomic mass is 19.1. The number of rotatable bonds is 9. The number of hydrogen-bond acceptors (Lipinski definition) is 4. The molecule has 0 unspecified atom stereocenters. The summed E-state index contributed by atoms with van der Waals surface area (Å²) in [6.07, 6.45) is 3.39. The third-order valence-electron chi connectivity index (χ3n) is 6.12. The quantitative estimate of drug-likeness (QED) is 0.416. The van der Waals surface area contributed by atoms with Gasteiger partial charge in [-0.1, -0.05) is 6.07 Å². The van der Waals surface area contributed by atoms with Crippen LogP contribution in [0, 0.1) is 25.6 Å². The Bertz CT molecular complexity index is 1030. The van der Waals surface area contributed by atoms with Crippen molar-refractivity contribution in [3.63, 3.8) is 0 Å². The second-order valence-corrected chi connectivity index (χ2v) is 8.65. The number of hydrogen-bond donors (Lipinski definition) is 2. The van der Waals surface area contributed by atoms with Crippen molar-refractivity contribution in [3.05, 3.63) is 64.5 Å². The third-order valence-corrected chi connectivity index (χ3v) is 6.12. The van der Waals surface area contributed by atoms with Gasteiger partial charge in [-0.15, -0.1) is 0 Å². The Balaban J connectivity index is 1.45. The van der Waals surface area contributed by atoms with E-state index in [0.29, 0.717) is 55.5 Å². The second kappa shape index (κ2) is 11.1. The van der Waals surface area contributed by atoms with Gasteiger partial charge in [0, 0.05) is 24.1 Å². The maximum atomic E-state index is 13.6. The summed E-state index contributed by atoms with van der Waals surface area (Å²) in [7, 11) is 0. The van der Waals surface area contributed by atoms with E-state index in [2.05, 4.69) is 5.32 Å². The zero-order chi connectivity index (χ0) is 24.0. The Labute approximate surface area is 193 Å². The SMILES string of the molecule is Cc1ccc(C(=O)NCCCC(=O)c2ccc(OC3CCC(C(=O)O)CC3)cc2C)cc1F. The highest BCUT2D eigenvalue weighted by Crippen LogP contribution is 2.29. The average Bonchev–Trinajstić information content (AvgIpc) is 2.78. The molecule has 6 nitrogen and oxygen atoms in total. The van der Waals surface area contributed by atoms with Gasteiger partial charge in [-0.05, 0) is 87.4 Å². The van der Waals surface area contributed by atoms with E-state index in [0.717, 1.165) is 5.56 Å². The molecule has 0 heterocycles. The molecule has 2 aromatic carbocycles. The Morgan fingerprint density at radius 2 is 1.76 bits per heavy atom. The van der Waals surface area contributed by atoms with Crippen LogP contribution in [0.2, 0.25) is 0 Å². The van der Waals surface area contributed by atoms with Crippen molar-refractivity contribution >= 4 is 17.7 Å². The number of carbonyl (C=O) groups excluding carboxylic acids is 2. The van der Waals surface area contributed by atoms with Gasteiger partial charge in [0.1, 0.15) is 11.6 Å². The lowest BCUT2D eigenvalue weighted by Crippen LogP contribution is -2.27. The summed E-state index contributed by atoms with van der Waals surface area (Å²) in [6.45, 7) is 3.81. The number of ketones is 1. The fraction of sp³-hybridized carbons (Fsp3) is 0.423. The van der Waals surface area contributed by atoms with Gasteiger partial charge in [0.15, 0.2) is 5.78 Å². The van der Waals surface area contributed by atoms with Crippen LogP contribution in [0.4, 0.5) is 4.39 Å². The number of benzene rings is 2. The molecule has 1 amide bonds. The van der Waals surface area contributed by atoms with Crippen LogP contribution in [0.15, 0.2) is 36.4 Å². The number of carboxylic acids is 1. The van der Waals surface area contributed by atoms with Crippen LogP contribution in [-0.2, 0) is 4.79 Å². The smallest absolute Gasteiger partial charge is 0.306 e. The first kappa shape index (κ1) is 24.4. The molecule has 0 atom stereocenters. The molecule has 1 aliphatic rings. The van der Waals surface area contributed by atoms with Gasteiger partial charge >= 0.3 is 5.97 Å². The zero-order valence-corrected chi connectivity index (χ0v) is 19.0. The summed E-state index contributed by atoms with van der Waals surface area (Å²) in [5.74, 6) is -1.15. The number of aryl methyl sites for hydroxylation is 2. The van der Waals surface area contributed by atoms with Gasteiger partial charge in [0.25, 0.3) is 5.91 Å². The molecule has 1 fully saturated rings. The second-order valence-electron chi connectivity index (χ2n) is 8.65. The van der Waals surface area contributed by atoms with Crippen LogP contribution >= 0.6 is 0 Å². The van der Waals surface area contributed by atoms with Crippen molar-refractivity contribution in [1.82, 2.24) is 5.32 Å². The number of carbonyl (C=O) groups is 3. The predicted molar refractivity (Wildman–Crippen MR) is 122 cm³/mol. The van der Waals surface area contributed by atoms with Crippen LogP contribution in [0.3, 0.4) is 0 Å². The monoisotopic (exact) mass is 455 g/mol. The summed E-state index contributed by atoms with van der Waals surface area (Å²) in [6, 6.07) is 9.71. The molecule has 33 heavy (non-hydrogen) atoms. The van der Waals surface area contributed by atoms with E-state index in [9.17, 15) is 18.8 Å². The Hall–Kier alpha value is -3.22. The molecule has 1 saturated carbocycles. The number of halogens is 1. The molecule has 2 aromatic rings. The molecule has 0 radical (unpaired) electrons. The van der Waals surface area contributed by atoms with E-state index in [1.807, 2.05) is 13.0 Å². The molecule has 0 bridgehead atoms. The molecule has 7 heteroatoms. The summed E-state index contributed by atoms with van der Waals surface area (Å²) >= 11 is 0. The molecule has 176 valence electrons. The van der Waals surface area contributed by atoms with Crippen LogP contribution < -0.4 is 10.1 Å². The Morgan fingerprint density at radius 3 is 2.39 bits per heavy atom. The van der Waals surface area contributed by atoms with Gasteiger partial charge in [0.05, 0.1) is 12.0 Å². The molecule has 2 N–H and O–H groups in total. The first-order valence-corrected chi connectivity index (χ1v) is 11.3. The lowest BCUT2D eigenvalue weighted by atomic mass is 9.87. The third kappa shape index (κ3) is 6.63. The van der Waals surface area contributed by atoms with E-state index >= 15 is 0 Å². The van der Waals surface area contributed by atoms with E-state index in [1.165, 1.54) is 6.07 Å². The summed E-state index contributed by atoms with van der Waals surface area (Å²) in [4.78, 5) is 35.8. The normalized spacial score (nSPS) is 17.9. The topological polar surface area (TPSA) is 92.7 Å². The van der Waals surface area contributed by atoms with Crippen molar-refractivity contribution in [2.75, 3.05) is 6.54 Å².